The van der Waals surface area contributed by atoms with Gasteiger partial charge in [0.2, 0.25) is 5.95 Å². The van der Waals surface area contributed by atoms with Gasteiger partial charge in [0.25, 0.3) is 5.91 Å². The van der Waals surface area contributed by atoms with Gasteiger partial charge in [-0.15, -0.1) is 0 Å². The molecule has 4 aromatic rings. The zero-order valence-electron chi connectivity index (χ0n) is 22.4. The molecule has 212 valence electrons. The first-order valence-electron chi connectivity index (χ1n) is 12.2. The molecule has 0 bridgehead atoms. The predicted octanol–water partition coefficient (Wildman–Crippen LogP) is 4.43. The van der Waals surface area contributed by atoms with Gasteiger partial charge in [0, 0.05) is 38.0 Å². The van der Waals surface area contributed by atoms with Gasteiger partial charge < -0.3 is 25.2 Å². The van der Waals surface area contributed by atoms with Crippen molar-refractivity contribution in [3.63, 3.8) is 0 Å². The Bertz CT molecular complexity index is 1630. The molecule has 4 rings (SSSR count). The maximum Gasteiger partial charge on any atom is 0.387 e. The Balaban J connectivity index is 1.80. The van der Waals surface area contributed by atoms with Crippen molar-refractivity contribution >= 4 is 34.4 Å². The number of anilines is 4. The summed E-state index contributed by atoms with van der Waals surface area (Å²) in [5.41, 5.74) is 1.97. The van der Waals surface area contributed by atoms with Gasteiger partial charge in [0.15, 0.2) is 11.6 Å². The van der Waals surface area contributed by atoms with E-state index in [0.717, 1.165) is 0 Å². The van der Waals surface area contributed by atoms with E-state index in [9.17, 15) is 23.2 Å². The first kappa shape index (κ1) is 28.8. The third-order valence-corrected chi connectivity index (χ3v) is 5.94. The number of rotatable bonds is 11. The van der Waals surface area contributed by atoms with Crippen LogP contribution in [0.1, 0.15) is 5.56 Å². The minimum atomic E-state index is -3.18. The average molecular weight is 566 g/mol. The van der Waals surface area contributed by atoms with Gasteiger partial charge in [-0.1, -0.05) is 12.6 Å². The Hall–Kier alpha value is -5.16. The quantitative estimate of drug-likeness (QED) is 0.254. The molecule has 1 aromatic carbocycles. The van der Waals surface area contributed by atoms with Gasteiger partial charge in [-0.2, -0.15) is 19.1 Å². The maximum atomic E-state index is 13.6. The fraction of sp³-hybridized carbons (Fsp3) is 0.222. The van der Waals surface area contributed by atoms with Crippen molar-refractivity contribution in [3.05, 3.63) is 66.9 Å². The molecule has 0 aliphatic carbocycles. The molecule has 3 heterocycles. The number of ether oxygens (including phenoxy) is 1. The summed E-state index contributed by atoms with van der Waals surface area (Å²) in [6.07, 6.45) is 4.56. The predicted molar refractivity (Wildman–Crippen MR) is 148 cm³/mol. The normalized spacial score (nSPS) is 11.0. The van der Waals surface area contributed by atoms with E-state index in [1.54, 1.807) is 47.1 Å². The van der Waals surface area contributed by atoms with Crippen molar-refractivity contribution in [2.75, 3.05) is 49.8 Å². The number of nitriles is 1. The first-order chi connectivity index (χ1) is 19.6. The van der Waals surface area contributed by atoms with Crippen LogP contribution < -0.4 is 20.3 Å². The van der Waals surface area contributed by atoms with Crippen molar-refractivity contribution in [3.8, 4) is 23.1 Å². The van der Waals surface area contributed by atoms with Crippen molar-refractivity contribution in [2.45, 2.75) is 6.61 Å². The van der Waals surface area contributed by atoms with Crippen LogP contribution in [0.15, 0.2) is 61.3 Å². The summed E-state index contributed by atoms with van der Waals surface area (Å²) in [6, 6.07) is 10.0. The molecule has 2 N–H and O–H groups in total. The molecule has 14 heteroatoms. The van der Waals surface area contributed by atoms with E-state index in [1.807, 2.05) is 25.1 Å². The van der Waals surface area contributed by atoms with E-state index in [4.69, 9.17) is 4.74 Å². The Morgan fingerprint density at radius 3 is 2.66 bits per heavy atom. The molecule has 0 atom stereocenters. The second-order valence-corrected chi connectivity index (χ2v) is 9.11. The van der Waals surface area contributed by atoms with E-state index < -0.39 is 18.3 Å². The summed E-state index contributed by atoms with van der Waals surface area (Å²) >= 11 is 0. The summed E-state index contributed by atoms with van der Waals surface area (Å²) in [7, 11) is 5.41. The van der Waals surface area contributed by atoms with Crippen LogP contribution in [0.2, 0.25) is 0 Å². The maximum absolute atomic E-state index is 13.6. The zero-order chi connectivity index (χ0) is 29.7. The number of alkyl halides is 2. The van der Waals surface area contributed by atoms with Gasteiger partial charge in [0.05, 0.1) is 46.2 Å². The molecule has 0 spiro atoms. The number of carbonyl (C=O) groups is 1. The number of nitrogens with one attached hydrogen (secondary N) is 2. The van der Waals surface area contributed by atoms with Crippen molar-refractivity contribution in [2.24, 2.45) is 0 Å². The summed E-state index contributed by atoms with van der Waals surface area (Å²) in [6.45, 7) is 0.863. The smallest absolute Gasteiger partial charge is 0.387 e. The van der Waals surface area contributed by atoms with E-state index in [-0.39, 0.29) is 40.0 Å². The number of benzene rings is 1. The summed E-state index contributed by atoms with van der Waals surface area (Å²) in [5, 5.41) is 19.2. The van der Waals surface area contributed by atoms with Crippen LogP contribution in [0.5, 0.6) is 5.75 Å². The van der Waals surface area contributed by atoms with Crippen LogP contribution in [0.4, 0.5) is 36.2 Å². The second-order valence-electron chi connectivity index (χ2n) is 9.11. The number of hydrogen-bond acceptors (Lipinski definition) is 9. The number of carbonyl (C=O) groups excluding carboxylic acids is 1. The molecule has 0 radical (unpaired) electrons. The summed E-state index contributed by atoms with van der Waals surface area (Å²) in [4.78, 5) is 24.4. The van der Waals surface area contributed by atoms with E-state index in [1.165, 1.54) is 18.3 Å². The number of fused-ring (bicyclic) bond motifs is 1. The number of amides is 1. The highest BCUT2D eigenvalue weighted by atomic mass is 19.3. The molecule has 0 aliphatic rings. The van der Waals surface area contributed by atoms with Crippen LogP contribution in [-0.2, 0) is 4.79 Å². The number of aromatic nitrogens is 4. The number of halogens is 3. The monoisotopic (exact) mass is 565 g/mol. The highest BCUT2D eigenvalue weighted by molar-refractivity contribution is 6.04. The molecule has 41 heavy (non-hydrogen) atoms. The molecule has 3 aromatic heterocycles. The standard InChI is InChI=1S/C27H26F3N9O2/c1-16(28)25(40)34-19-11-20(23(41-26(29)30)12-22(19)38(4)10-9-37(2)3)35-27-32-14-17(13-31)24(36-27)18-15-33-39-8-6-5-7-21(18)39/h5-8,11-12,14-15,26H,1,9-10H2,2-4H3,(H,34,40)(H,32,35,36). The summed E-state index contributed by atoms with van der Waals surface area (Å²) in [5.74, 6) is -2.68. The summed E-state index contributed by atoms with van der Waals surface area (Å²) < 4.78 is 46.9. The Kier molecular flexibility index (Phi) is 8.69. The van der Waals surface area contributed by atoms with Gasteiger partial charge in [-0.25, -0.2) is 18.9 Å². The lowest BCUT2D eigenvalue weighted by atomic mass is 10.1. The van der Waals surface area contributed by atoms with Crippen LogP contribution >= 0.6 is 0 Å². The van der Waals surface area contributed by atoms with E-state index in [2.05, 4.69) is 32.3 Å². The number of pyridine rings is 1. The van der Waals surface area contributed by atoms with Gasteiger partial charge in [0.1, 0.15) is 6.07 Å². The Morgan fingerprint density at radius 1 is 1.20 bits per heavy atom. The fourth-order valence-corrected chi connectivity index (χ4v) is 3.90. The lowest BCUT2D eigenvalue weighted by Gasteiger charge is -2.26. The molecule has 11 nitrogen and oxygen atoms in total. The van der Waals surface area contributed by atoms with E-state index in [0.29, 0.717) is 24.2 Å². The first-order valence-corrected chi connectivity index (χ1v) is 12.2. The molecule has 0 saturated heterocycles. The van der Waals surface area contributed by atoms with Crippen LogP contribution in [0.3, 0.4) is 0 Å². The average Bonchev–Trinajstić information content (AvgIpc) is 3.36. The third-order valence-electron chi connectivity index (χ3n) is 5.94. The number of nitrogens with zero attached hydrogens (tertiary/aromatic N) is 7. The highest BCUT2D eigenvalue weighted by Gasteiger charge is 2.21. The highest BCUT2D eigenvalue weighted by Crippen LogP contribution is 2.39. The number of hydrogen-bond donors (Lipinski definition) is 2. The lowest BCUT2D eigenvalue weighted by Crippen LogP contribution is -2.29. The Labute approximate surface area is 233 Å². The zero-order valence-corrected chi connectivity index (χ0v) is 22.4. The second kappa shape index (κ2) is 12.3. The van der Waals surface area contributed by atoms with Gasteiger partial charge in [-0.05, 0) is 32.3 Å². The molecule has 0 unspecified atom stereocenters. The molecular weight excluding hydrogens is 539 g/mol. The molecule has 0 fully saturated rings. The van der Waals surface area contributed by atoms with Crippen LogP contribution in [0, 0.1) is 11.3 Å². The third kappa shape index (κ3) is 6.71. The van der Waals surface area contributed by atoms with E-state index >= 15 is 0 Å². The van der Waals surface area contributed by atoms with Crippen LogP contribution in [0.25, 0.3) is 16.8 Å². The number of likely N-dealkylation sites (N-methyl/N-ethyl adjacent to an activating group) is 2. The lowest BCUT2D eigenvalue weighted by molar-refractivity contribution is -0.114. The largest absolute Gasteiger partial charge is 0.433 e. The topological polar surface area (TPSA) is 124 Å². The minimum Gasteiger partial charge on any atom is -0.433 e. The Morgan fingerprint density at radius 2 is 1.98 bits per heavy atom. The van der Waals surface area contributed by atoms with Crippen molar-refractivity contribution in [1.29, 1.82) is 5.26 Å². The molecule has 0 aliphatic heterocycles. The molecule has 1 amide bonds. The van der Waals surface area contributed by atoms with Gasteiger partial charge in [-0.3, -0.25) is 4.79 Å². The van der Waals surface area contributed by atoms with Crippen molar-refractivity contribution in [1.82, 2.24) is 24.5 Å². The molecular formula is C27H26F3N9O2. The SMILES string of the molecule is C=C(F)C(=O)Nc1cc(Nc2ncc(C#N)c(-c3cnn4ccccc34)n2)c(OC(F)F)cc1N(C)CCN(C)C. The van der Waals surface area contributed by atoms with Gasteiger partial charge >= 0.3 is 6.61 Å². The van der Waals surface area contributed by atoms with Crippen LogP contribution in [-0.4, -0.2) is 71.2 Å². The minimum absolute atomic E-state index is 0.0506. The fourth-order valence-electron chi connectivity index (χ4n) is 3.90. The van der Waals surface area contributed by atoms with Crippen molar-refractivity contribution < 1.29 is 22.7 Å². The molecule has 0 saturated carbocycles.